The molecule has 0 unspecified atom stereocenters. The van der Waals surface area contributed by atoms with Gasteiger partial charge in [-0.3, -0.25) is 29.9 Å². The molecule has 7 aromatic rings. The summed E-state index contributed by atoms with van der Waals surface area (Å²) in [6.45, 7) is 0. The number of hydrogen-bond acceptors (Lipinski definition) is 6. The number of rotatable bonds is 2. The first-order chi connectivity index (χ1) is 18.9. The lowest BCUT2D eigenvalue weighted by molar-refractivity contribution is 1.25. The van der Waals surface area contributed by atoms with Crippen LogP contribution in [0, 0.1) is 0 Å². The fourth-order valence-corrected chi connectivity index (χ4v) is 3.74. The van der Waals surface area contributed by atoms with E-state index in [0.29, 0.717) is 0 Å². The van der Waals surface area contributed by atoms with Crippen LogP contribution in [-0.4, -0.2) is 29.9 Å². The van der Waals surface area contributed by atoms with Crippen LogP contribution in [0.5, 0.6) is 0 Å². The average molecular weight is 493 g/mol. The maximum atomic E-state index is 4.35. The highest BCUT2D eigenvalue weighted by molar-refractivity contribution is 6.02. The Morgan fingerprint density at radius 2 is 0.579 bits per heavy atom. The molecule has 0 spiro atoms. The lowest BCUT2D eigenvalue weighted by Gasteiger charge is -2.00. The van der Waals surface area contributed by atoms with Gasteiger partial charge < -0.3 is 0 Å². The van der Waals surface area contributed by atoms with Crippen LogP contribution in [0.15, 0.2) is 146 Å². The predicted octanol–water partition coefficient (Wildman–Crippen LogP) is 7.07. The largest absolute Gasteiger partial charge is 0.255 e. The second-order valence-electron chi connectivity index (χ2n) is 8.08. The van der Waals surface area contributed by atoms with Gasteiger partial charge in [-0.15, -0.1) is 0 Å². The number of fused-ring (bicyclic) bond motifs is 3. The summed E-state index contributed by atoms with van der Waals surface area (Å²) in [6.07, 6.45) is 10.7. The zero-order valence-electron chi connectivity index (χ0n) is 20.5. The molecule has 0 aliphatic carbocycles. The SMILES string of the molecule is c1ccc(-c2ccccn2)nc1.c1ccc(-c2ccccn2)nc1.c1cnc2c(c1)ccc1cccnc12. The van der Waals surface area contributed by atoms with Gasteiger partial charge >= 0.3 is 0 Å². The monoisotopic (exact) mass is 492 g/mol. The van der Waals surface area contributed by atoms with Crippen LogP contribution in [0.25, 0.3) is 44.6 Å². The van der Waals surface area contributed by atoms with Crippen molar-refractivity contribution in [2.45, 2.75) is 0 Å². The van der Waals surface area contributed by atoms with Crippen molar-refractivity contribution < 1.29 is 0 Å². The second kappa shape index (κ2) is 12.6. The molecule has 1 aromatic carbocycles. The van der Waals surface area contributed by atoms with Gasteiger partial charge in [0.2, 0.25) is 0 Å². The van der Waals surface area contributed by atoms with E-state index in [4.69, 9.17) is 0 Å². The van der Waals surface area contributed by atoms with E-state index in [0.717, 1.165) is 44.6 Å². The standard InChI is InChI=1S/C12H8N2.2C10H8N2/c1-3-9-5-6-10-4-2-8-14-12(10)11(9)13-7-1;2*1-3-7-11-9(5-1)10-6-2-4-8-12-10/h1-8H;2*1-8H. The lowest BCUT2D eigenvalue weighted by atomic mass is 10.1. The minimum atomic E-state index is 0.915. The predicted molar refractivity (Wildman–Crippen MR) is 152 cm³/mol. The Bertz CT molecular complexity index is 1490. The molecule has 7 rings (SSSR count). The molecule has 6 heteroatoms. The van der Waals surface area contributed by atoms with Crippen LogP contribution in [0.2, 0.25) is 0 Å². The Kier molecular flexibility index (Phi) is 8.04. The first kappa shape index (κ1) is 24.3. The summed E-state index contributed by atoms with van der Waals surface area (Å²) in [5.41, 5.74) is 5.61. The van der Waals surface area contributed by atoms with E-state index in [9.17, 15) is 0 Å². The zero-order valence-corrected chi connectivity index (χ0v) is 20.5. The molecular formula is C32H24N6. The van der Waals surface area contributed by atoms with Crippen molar-refractivity contribution >= 4 is 21.8 Å². The third-order valence-electron chi connectivity index (χ3n) is 5.53. The average Bonchev–Trinajstić information content (AvgIpc) is 3.03. The summed E-state index contributed by atoms with van der Waals surface area (Å²) in [6, 6.07) is 35.3. The molecule has 0 aliphatic heterocycles. The number of aromatic nitrogens is 6. The number of nitrogens with zero attached hydrogens (tertiary/aromatic N) is 6. The molecule has 6 aromatic heterocycles. The van der Waals surface area contributed by atoms with Gasteiger partial charge in [0.05, 0.1) is 33.8 Å². The van der Waals surface area contributed by atoms with E-state index in [1.807, 2.05) is 84.9 Å². The molecule has 0 amide bonds. The van der Waals surface area contributed by atoms with Crippen molar-refractivity contribution in [2.24, 2.45) is 0 Å². The molecule has 0 atom stereocenters. The van der Waals surface area contributed by atoms with E-state index in [1.54, 1.807) is 37.2 Å². The van der Waals surface area contributed by atoms with Crippen molar-refractivity contribution in [1.29, 1.82) is 0 Å². The van der Waals surface area contributed by atoms with E-state index < -0.39 is 0 Å². The third-order valence-corrected chi connectivity index (χ3v) is 5.53. The first-order valence-electron chi connectivity index (χ1n) is 12.1. The quantitative estimate of drug-likeness (QED) is 0.240. The Hall–Kier alpha value is -5.36. The number of hydrogen-bond donors (Lipinski definition) is 0. The summed E-state index contributed by atoms with van der Waals surface area (Å²) in [4.78, 5) is 25.4. The minimum absolute atomic E-state index is 0.915. The summed E-state index contributed by atoms with van der Waals surface area (Å²) in [5, 5.41) is 2.28. The molecule has 38 heavy (non-hydrogen) atoms. The fraction of sp³-hybridized carbons (Fsp3) is 0. The molecule has 6 heterocycles. The van der Waals surface area contributed by atoms with Gasteiger partial charge in [0.25, 0.3) is 0 Å². The fourth-order valence-electron chi connectivity index (χ4n) is 3.74. The summed E-state index contributed by atoms with van der Waals surface area (Å²) in [7, 11) is 0. The number of benzene rings is 1. The molecule has 0 bridgehead atoms. The normalized spacial score (nSPS) is 10.1. The first-order valence-corrected chi connectivity index (χ1v) is 12.1. The highest BCUT2D eigenvalue weighted by Crippen LogP contribution is 2.20. The van der Waals surface area contributed by atoms with Gasteiger partial charge in [0.1, 0.15) is 0 Å². The van der Waals surface area contributed by atoms with Gasteiger partial charge in [-0.2, -0.15) is 0 Å². The van der Waals surface area contributed by atoms with Crippen molar-refractivity contribution in [2.75, 3.05) is 0 Å². The number of pyridine rings is 6. The van der Waals surface area contributed by atoms with Gasteiger partial charge in [-0.05, 0) is 60.7 Å². The van der Waals surface area contributed by atoms with Crippen LogP contribution in [-0.2, 0) is 0 Å². The van der Waals surface area contributed by atoms with Crippen molar-refractivity contribution in [1.82, 2.24) is 29.9 Å². The Balaban J connectivity index is 0.000000117. The summed E-state index contributed by atoms with van der Waals surface area (Å²) < 4.78 is 0. The highest BCUT2D eigenvalue weighted by atomic mass is 14.8. The van der Waals surface area contributed by atoms with Crippen LogP contribution < -0.4 is 0 Å². The van der Waals surface area contributed by atoms with Crippen LogP contribution in [0.1, 0.15) is 0 Å². The molecule has 182 valence electrons. The molecule has 0 saturated carbocycles. The maximum absolute atomic E-state index is 4.35. The van der Waals surface area contributed by atoms with E-state index in [2.05, 4.69) is 54.2 Å². The van der Waals surface area contributed by atoms with Crippen molar-refractivity contribution in [3.8, 4) is 22.8 Å². The Labute approximate surface area is 220 Å². The molecule has 0 fully saturated rings. The smallest absolute Gasteiger partial charge is 0.0964 e. The van der Waals surface area contributed by atoms with E-state index in [1.165, 1.54) is 0 Å². The second-order valence-corrected chi connectivity index (χ2v) is 8.08. The van der Waals surface area contributed by atoms with Gasteiger partial charge in [-0.25, -0.2) is 0 Å². The third kappa shape index (κ3) is 6.25. The Morgan fingerprint density at radius 1 is 0.263 bits per heavy atom. The van der Waals surface area contributed by atoms with Crippen LogP contribution in [0.3, 0.4) is 0 Å². The Morgan fingerprint density at radius 3 is 0.868 bits per heavy atom. The summed E-state index contributed by atoms with van der Waals surface area (Å²) in [5.74, 6) is 0. The molecule has 0 radical (unpaired) electrons. The van der Waals surface area contributed by atoms with Gasteiger partial charge in [0, 0.05) is 48.0 Å². The summed E-state index contributed by atoms with van der Waals surface area (Å²) >= 11 is 0. The molecular weight excluding hydrogens is 468 g/mol. The van der Waals surface area contributed by atoms with Gasteiger partial charge in [-0.1, -0.05) is 48.5 Å². The maximum Gasteiger partial charge on any atom is 0.0964 e. The zero-order chi connectivity index (χ0) is 25.8. The highest BCUT2D eigenvalue weighted by Gasteiger charge is 2.00. The molecule has 6 nitrogen and oxygen atoms in total. The van der Waals surface area contributed by atoms with E-state index in [-0.39, 0.29) is 0 Å². The van der Waals surface area contributed by atoms with Crippen molar-refractivity contribution in [3.05, 3.63) is 146 Å². The lowest BCUT2D eigenvalue weighted by Crippen LogP contribution is -1.83. The molecule has 0 saturated heterocycles. The van der Waals surface area contributed by atoms with Gasteiger partial charge in [0.15, 0.2) is 0 Å². The minimum Gasteiger partial charge on any atom is -0.255 e. The molecule has 0 N–H and O–H groups in total. The van der Waals surface area contributed by atoms with Crippen LogP contribution >= 0.6 is 0 Å². The van der Waals surface area contributed by atoms with Crippen molar-refractivity contribution in [3.63, 3.8) is 0 Å². The topological polar surface area (TPSA) is 77.3 Å². The molecule has 0 aliphatic rings. The van der Waals surface area contributed by atoms with E-state index >= 15 is 0 Å². The van der Waals surface area contributed by atoms with Crippen LogP contribution in [0.4, 0.5) is 0 Å².